The first-order valence-electron chi connectivity index (χ1n) is 5.32. The molecule has 6 nitrogen and oxygen atoms in total. The van der Waals surface area contributed by atoms with Crippen LogP contribution in [0.3, 0.4) is 0 Å². The Morgan fingerprint density at radius 2 is 2.29 bits per heavy atom. The van der Waals surface area contributed by atoms with E-state index in [1.807, 2.05) is 0 Å². The van der Waals surface area contributed by atoms with Gasteiger partial charge in [0.2, 0.25) is 0 Å². The third-order valence-electron chi connectivity index (χ3n) is 2.22. The summed E-state index contributed by atoms with van der Waals surface area (Å²) in [7, 11) is 1.67. The van der Waals surface area contributed by atoms with E-state index in [1.54, 1.807) is 25.6 Å². The number of hydrogen-bond donors (Lipinski definition) is 1. The summed E-state index contributed by atoms with van der Waals surface area (Å²) in [6, 6.07) is 1.75. The van der Waals surface area contributed by atoms with Crippen LogP contribution in [0.15, 0.2) is 23.0 Å². The minimum atomic E-state index is 0.442. The Labute approximate surface area is 98.8 Å². The molecule has 0 amide bonds. The lowest BCUT2D eigenvalue weighted by Gasteiger charge is -1.95. The first-order valence-corrected chi connectivity index (χ1v) is 5.32. The van der Waals surface area contributed by atoms with Crippen LogP contribution in [0.5, 0.6) is 0 Å². The molecule has 0 spiro atoms. The predicted molar refractivity (Wildman–Crippen MR) is 62.1 cm³/mol. The first kappa shape index (κ1) is 11.5. The van der Waals surface area contributed by atoms with E-state index >= 15 is 0 Å². The van der Waals surface area contributed by atoms with Crippen LogP contribution in [-0.4, -0.2) is 28.8 Å². The average molecular weight is 234 g/mol. The maximum atomic E-state index is 5.63. The van der Waals surface area contributed by atoms with Gasteiger partial charge in [0.25, 0.3) is 5.89 Å². The largest absolute Gasteiger partial charge is 0.397 e. The fraction of sp³-hybridized carbons (Fsp3) is 0.364. The number of aromatic nitrogens is 3. The number of pyridine rings is 1. The highest BCUT2D eigenvalue weighted by atomic mass is 16.5. The van der Waals surface area contributed by atoms with Gasteiger partial charge in [-0.2, -0.15) is 4.98 Å². The molecule has 0 fully saturated rings. The molecule has 6 heteroatoms. The minimum Gasteiger partial charge on any atom is -0.397 e. The highest BCUT2D eigenvalue weighted by Crippen LogP contribution is 2.18. The Balaban J connectivity index is 2.07. The Hall–Kier alpha value is -1.95. The van der Waals surface area contributed by atoms with Crippen molar-refractivity contribution in [1.82, 2.24) is 15.1 Å². The Kier molecular flexibility index (Phi) is 3.66. The molecule has 2 heterocycles. The third-order valence-corrected chi connectivity index (χ3v) is 2.22. The van der Waals surface area contributed by atoms with Gasteiger partial charge in [0.15, 0.2) is 5.82 Å². The highest BCUT2D eigenvalue weighted by molar-refractivity contribution is 5.57. The second kappa shape index (κ2) is 5.40. The molecule has 0 unspecified atom stereocenters. The van der Waals surface area contributed by atoms with Crippen molar-refractivity contribution in [2.45, 2.75) is 12.8 Å². The molecule has 2 rings (SSSR count). The molecule has 17 heavy (non-hydrogen) atoms. The maximum absolute atomic E-state index is 5.63. The zero-order chi connectivity index (χ0) is 12.1. The number of ether oxygens (including phenoxy) is 1. The lowest BCUT2D eigenvalue weighted by molar-refractivity contribution is 0.194. The molecule has 2 N–H and O–H groups in total. The number of aryl methyl sites for hydroxylation is 1. The minimum absolute atomic E-state index is 0.442. The lowest BCUT2D eigenvalue weighted by atomic mass is 10.2. The van der Waals surface area contributed by atoms with Crippen LogP contribution in [0, 0.1) is 0 Å². The average Bonchev–Trinajstić information content (AvgIpc) is 2.78. The molecule has 0 atom stereocenters. The predicted octanol–water partition coefficient (Wildman–Crippen LogP) is 1.29. The van der Waals surface area contributed by atoms with Gasteiger partial charge in [0.1, 0.15) is 0 Å². The molecule has 0 radical (unpaired) electrons. The van der Waals surface area contributed by atoms with Gasteiger partial charge in [-0.3, -0.25) is 4.98 Å². The van der Waals surface area contributed by atoms with Crippen LogP contribution in [0.25, 0.3) is 11.5 Å². The molecule has 0 bridgehead atoms. The van der Waals surface area contributed by atoms with Crippen molar-refractivity contribution in [3.8, 4) is 11.5 Å². The molecule has 0 saturated heterocycles. The van der Waals surface area contributed by atoms with Gasteiger partial charge in [-0.1, -0.05) is 5.16 Å². The quantitative estimate of drug-likeness (QED) is 0.784. The van der Waals surface area contributed by atoms with E-state index in [9.17, 15) is 0 Å². The zero-order valence-electron chi connectivity index (χ0n) is 9.59. The Morgan fingerprint density at radius 1 is 1.41 bits per heavy atom. The van der Waals surface area contributed by atoms with Crippen LogP contribution in [0.4, 0.5) is 5.69 Å². The van der Waals surface area contributed by atoms with Crippen LogP contribution in [-0.2, 0) is 11.2 Å². The zero-order valence-corrected chi connectivity index (χ0v) is 9.59. The molecule has 2 aromatic rings. The Bertz CT molecular complexity index is 484. The van der Waals surface area contributed by atoms with Gasteiger partial charge >= 0.3 is 0 Å². The molecule has 0 aliphatic heterocycles. The van der Waals surface area contributed by atoms with E-state index in [0.29, 0.717) is 24.0 Å². The fourth-order valence-electron chi connectivity index (χ4n) is 1.42. The topological polar surface area (TPSA) is 87.1 Å². The van der Waals surface area contributed by atoms with Crippen molar-refractivity contribution in [3.63, 3.8) is 0 Å². The number of hydrogen-bond acceptors (Lipinski definition) is 6. The lowest BCUT2D eigenvalue weighted by Crippen LogP contribution is -1.94. The SMILES string of the molecule is COCCCc1noc(-c2cncc(N)c2)n1. The van der Waals surface area contributed by atoms with E-state index in [-0.39, 0.29) is 0 Å². The molecule has 90 valence electrons. The van der Waals surface area contributed by atoms with Crippen molar-refractivity contribution < 1.29 is 9.26 Å². The second-order valence-corrected chi connectivity index (χ2v) is 3.62. The summed E-state index contributed by atoms with van der Waals surface area (Å²) in [5, 5.41) is 3.88. The smallest absolute Gasteiger partial charge is 0.259 e. The summed E-state index contributed by atoms with van der Waals surface area (Å²) in [6.07, 6.45) is 4.81. The standard InChI is InChI=1S/C11H14N4O2/c1-16-4-2-3-10-14-11(17-15-10)8-5-9(12)7-13-6-8/h5-7H,2-4,12H2,1H3. The number of nitrogen functional groups attached to an aromatic ring is 1. The van der Waals surface area contributed by atoms with Crippen LogP contribution in [0.1, 0.15) is 12.2 Å². The second-order valence-electron chi connectivity index (χ2n) is 3.62. The van der Waals surface area contributed by atoms with Crippen LogP contribution >= 0.6 is 0 Å². The van der Waals surface area contributed by atoms with Crippen LogP contribution < -0.4 is 5.73 Å². The monoisotopic (exact) mass is 234 g/mol. The molecular weight excluding hydrogens is 220 g/mol. The van der Waals surface area contributed by atoms with Gasteiger partial charge in [-0.25, -0.2) is 0 Å². The summed E-state index contributed by atoms with van der Waals surface area (Å²) in [5.41, 5.74) is 6.93. The number of nitrogens with zero attached hydrogens (tertiary/aromatic N) is 3. The molecule has 0 aliphatic carbocycles. The molecular formula is C11H14N4O2. The number of nitrogens with two attached hydrogens (primary N) is 1. The van der Waals surface area contributed by atoms with Crippen LogP contribution in [0.2, 0.25) is 0 Å². The fourth-order valence-corrected chi connectivity index (χ4v) is 1.42. The van der Waals surface area contributed by atoms with Crippen molar-refractivity contribution >= 4 is 5.69 Å². The summed E-state index contributed by atoms with van der Waals surface area (Å²) in [5.74, 6) is 1.11. The Morgan fingerprint density at radius 3 is 3.06 bits per heavy atom. The van der Waals surface area contributed by atoms with E-state index in [2.05, 4.69) is 15.1 Å². The highest BCUT2D eigenvalue weighted by Gasteiger charge is 2.09. The molecule has 0 saturated carbocycles. The van der Waals surface area contributed by atoms with Crippen molar-refractivity contribution in [3.05, 3.63) is 24.3 Å². The van der Waals surface area contributed by atoms with E-state index in [1.165, 1.54) is 0 Å². The summed E-state index contributed by atoms with van der Waals surface area (Å²) in [6.45, 7) is 0.684. The van der Waals surface area contributed by atoms with Gasteiger partial charge in [-0.15, -0.1) is 0 Å². The summed E-state index contributed by atoms with van der Waals surface area (Å²) < 4.78 is 10.1. The third kappa shape index (κ3) is 3.01. The maximum Gasteiger partial charge on any atom is 0.259 e. The summed E-state index contributed by atoms with van der Waals surface area (Å²) in [4.78, 5) is 8.24. The molecule has 2 aromatic heterocycles. The molecule has 0 aromatic carbocycles. The van der Waals surface area contributed by atoms with Gasteiger partial charge < -0.3 is 15.0 Å². The normalized spacial score (nSPS) is 10.6. The van der Waals surface area contributed by atoms with E-state index < -0.39 is 0 Å². The van der Waals surface area contributed by atoms with Crippen molar-refractivity contribution in [2.75, 3.05) is 19.5 Å². The first-order chi connectivity index (χ1) is 8.29. The van der Waals surface area contributed by atoms with Gasteiger partial charge in [0.05, 0.1) is 11.3 Å². The van der Waals surface area contributed by atoms with Crippen molar-refractivity contribution in [2.24, 2.45) is 0 Å². The summed E-state index contributed by atoms with van der Waals surface area (Å²) >= 11 is 0. The van der Waals surface area contributed by atoms with E-state index in [4.69, 9.17) is 15.0 Å². The van der Waals surface area contributed by atoms with Gasteiger partial charge in [0, 0.05) is 32.5 Å². The van der Waals surface area contributed by atoms with Crippen molar-refractivity contribution in [1.29, 1.82) is 0 Å². The number of rotatable bonds is 5. The van der Waals surface area contributed by atoms with E-state index in [0.717, 1.165) is 18.4 Å². The van der Waals surface area contributed by atoms with Gasteiger partial charge in [-0.05, 0) is 12.5 Å². The number of methoxy groups -OCH3 is 1. The molecule has 0 aliphatic rings. The number of anilines is 1.